The number of aromatic nitrogens is 1. The molecule has 0 aliphatic carbocycles. The fourth-order valence-electron chi connectivity index (χ4n) is 1.90. The molecule has 20 heavy (non-hydrogen) atoms. The molecule has 0 unspecified atom stereocenters. The van der Waals surface area contributed by atoms with Gasteiger partial charge in [-0.2, -0.15) is 0 Å². The highest BCUT2D eigenvalue weighted by molar-refractivity contribution is 7.09. The Bertz CT molecular complexity index is 561. The molecule has 0 radical (unpaired) electrons. The molecule has 0 spiro atoms. The molecule has 2 N–H and O–H groups in total. The molecule has 0 bridgehead atoms. The van der Waals surface area contributed by atoms with Crippen LogP contribution < -0.4 is 15.2 Å². The topological polar surface area (TPSA) is 57.4 Å². The summed E-state index contributed by atoms with van der Waals surface area (Å²) in [5.74, 6) is 1.28. The van der Waals surface area contributed by atoms with Crippen LogP contribution in [0.25, 0.3) is 0 Å². The number of rotatable bonds is 6. The smallest absolute Gasteiger partial charge is 0.165 e. The zero-order valence-corrected chi connectivity index (χ0v) is 13.1. The minimum Gasteiger partial charge on any atom is -0.493 e. The maximum Gasteiger partial charge on any atom is 0.165 e. The van der Waals surface area contributed by atoms with E-state index in [0.29, 0.717) is 29.7 Å². The number of nitrogens with two attached hydrogens (primary N) is 1. The van der Waals surface area contributed by atoms with Crippen molar-refractivity contribution in [2.45, 2.75) is 19.9 Å². The second kappa shape index (κ2) is 6.92. The monoisotopic (exact) mass is 312 g/mol. The van der Waals surface area contributed by atoms with Gasteiger partial charge in [0, 0.05) is 34.5 Å². The molecule has 4 nitrogen and oxygen atoms in total. The van der Waals surface area contributed by atoms with Crippen LogP contribution in [0.5, 0.6) is 11.5 Å². The van der Waals surface area contributed by atoms with Crippen LogP contribution in [0.3, 0.4) is 0 Å². The summed E-state index contributed by atoms with van der Waals surface area (Å²) >= 11 is 7.66. The van der Waals surface area contributed by atoms with Crippen molar-refractivity contribution in [1.29, 1.82) is 0 Å². The van der Waals surface area contributed by atoms with Crippen molar-refractivity contribution < 1.29 is 9.47 Å². The van der Waals surface area contributed by atoms with Gasteiger partial charge >= 0.3 is 0 Å². The van der Waals surface area contributed by atoms with Crippen molar-refractivity contribution in [2.75, 3.05) is 13.7 Å². The van der Waals surface area contributed by atoms with Crippen LogP contribution >= 0.6 is 22.9 Å². The Hall–Kier alpha value is -1.30. The summed E-state index contributed by atoms with van der Waals surface area (Å²) in [5, 5.41) is 0.591. The summed E-state index contributed by atoms with van der Waals surface area (Å²) in [6.45, 7) is 2.90. The van der Waals surface area contributed by atoms with E-state index in [2.05, 4.69) is 4.98 Å². The summed E-state index contributed by atoms with van der Waals surface area (Å²) in [5.41, 5.74) is 9.48. The largest absolute Gasteiger partial charge is 0.493 e. The minimum atomic E-state index is 0.353. The first-order valence-electron chi connectivity index (χ1n) is 6.24. The van der Waals surface area contributed by atoms with Crippen LogP contribution in [-0.2, 0) is 13.0 Å². The number of aryl methyl sites for hydroxylation is 1. The van der Waals surface area contributed by atoms with Gasteiger partial charge in [-0.3, -0.25) is 0 Å². The molecule has 0 fully saturated rings. The summed E-state index contributed by atoms with van der Waals surface area (Å²) in [6, 6.07) is 3.53. The summed E-state index contributed by atoms with van der Waals surface area (Å²) in [7, 11) is 1.59. The Morgan fingerprint density at radius 3 is 2.80 bits per heavy atom. The summed E-state index contributed by atoms with van der Waals surface area (Å²) in [6.07, 6.45) is 0.812. The number of methoxy groups -OCH3 is 1. The van der Waals surface area contributed by atoms with Gasteiger partial charge in [-0.1, -0.05) is 11.6 Å². The van der Waals surface area contributed by atoms with Gasteiger partial charge < -0.3 is 15.2 Å². The summed E-state index contributed by atoms with van der Waals surface area (Å²) < 4.78 is 11.2. The second-order valence-electron chi connectivity index (χ2n) is 4.26. The Kier molecular flexibility index (Phi) is 5.23. The normalized spacial score (nSPS) is 10.6. The molecule has 108 valence electrons. The Morgan fingerprint density at radius 1 is 1.40 bits per heavy atom. The van der Waals surface area contributed by atoms with E-state index in [1.54, 1.807) is 30.6 Å². The van der Waals surface area contributed by atoms with Crippen molar-refractivity contribution in [3.8, 4) is 11.5 Å². The number of thiazole rings is 1. The number of nitrogens with zero attached hydrogens (tertiary/aromatic N) is 1. The molecular weight excluding hydrogens is 296 g/mol. The van der Waals surface area contributed by atoms with Crippen molar-refractivity contribution in [1.82, 2.24) is 4.98 Å². The number of hydrogen-bond donors (Lipinski definition) is 1. The fraction of sp³-hybridized carbons (Fsp3) is 0.357. The predicted molar refractivity (Wildman–Crippen MR) is 81.9 cm³/mol. The van der Waals surface area contributed by atoms with Gasteiger partial charge in [0.2, 0.25) is 0 Å². The number of halogens is 1. The zero-order valence-electron chi connectivity index (χ0n) is 11.5. The van der Waals surface area contributed by atoms with E-state index in [0.717, 1.165) is 17.7 Å². The molecule has 0 atom stereocenters. The number of benzene rings is 1. The van der Waals surface area contributed by atoms with Gasteiger partial charge in [0.1, 0.15) is 0 Å². The lowest BCUT2D eigenvalue weighted by Crippen LogP contribution is -2.07. The average molecular weight is 313 g/mol. The van der Waals surface area contributed by atoms with Crippen LogP contribution in [0.4, 0.5) is 0 Å². The molecule has 2 aromatic rings. The van der Waals surface area contributed by atoms with E-state index >= 15 is 0 Å². The van der Waals surface area contributed by atoms with Crippen molar-refractivity contribution in [3.63, 3.8) is 0 Å². The lowest BCUT2D eigenvalue weighted by Gasteiger charge is -2.14. The number of hydrogen-bond acceptors (Lipinski definition) is 5. The molecule has 1 aromatic heterocycles. The van der Waals surface area contributed by atoms with E-state index in [-0.39, 0.29) is 0 Å². The third kappa shape index (κ3) is 3.42. The first kappa shape index (κ1) is 15.1. The van der Waals surface area contributed by atoms with Gasteiger partial charge in [-0.05, 0) is 13.0 Å². The van der Waals surface area contributed by atoms with E-state index in [1.165, 1.54) is 4.88 Å². The molecule has 1 heterocycles. The Morgan fingerprint density at radius 2 is 2.20 bits per heavy atom. The lowest BCUT2D eigenvalue weighted by molar-refractivity contribution is 0.295. The first-order valence-corrected chi connectivity index (χ1v) is 7.49. The van der Waals surface area contributed by atoms with Crippen molar-refractivity contribution in [3.05, 3.63) is 38.8 Å². The van der Waals surface area contributed by atoms with E-state index < -0.39 is 0 Å². The van der Waals surface area contributed by atoms with E-state index in [9.17, 15) is 0 Å². The Labute approximate surface area is 127 Å². The third-order valence-electron chi connectivity index (χ3n) is 2.96. The highest BCUT2D eigenvalue weighted by atomic mass is 35.5. The summed E-state index contributed by atoms with van der Waals surface area (Å²) in [4.78, 5) is 5.45. The molecule has 0 saturated heterocycles. The Balaban J connectivity index is 2.10. The van der Waals surface area contributed by atoms with Crippen LogP contribution in [0, 0.1) is 6.92 Å². The number of ether oxygens (including phenoxy) is 2. The molecule has 1 aromatic carbocycles. The van der Waals surface area contributed by atoms with Gasteiger partial charge in [-0.15, -0.1) is 11.3 Å². The van der Waals surface area contributed by atoms with Crippen molar-refractivity contribution in [2.24, 2.45) is 5.73 Å². The molecule has 0 amide bonds. The standard InChI is InChI=1S/C14H17ClN2O2S/c1-9-13(20-8-17-9)3-4-19-14-10(7-16)5-11(15)6-12(14)18-2/h5-6,8H,3-4,7,16H2,1-2H3. The van der Waals surface area contributed by atoms with E-state index in [1.807, 2.05) is 12.4 Å². The zero-order chi connectivity index (χ0) is 14.5. The van der Waals surface area contributed by atoms with Crippen molar-refractivity contribution >= 4 is 22.9 Å². The average Bonchev–Trinajstić information content (AvgIpc) is 2.85. The van der Waals surface area contributed by atoms with Crippen LogP contribution in [0.15, 0.2) is 17.6 Å². The van der Waals surface area contributed by atoms with Gasteiger partial charge in [0.25, 0.3) is 0 Å². The third-order valence-corrected chi connectivity index (χ3v) is 4.17. The van der Waals surface area contributed by atoms with Gasteiger partial charge in [0.15, 0.2) is 11.5 Å². The molecule has 6 heteroatoms. The van der Waals surface area contributed by atoms with Crippen LogP contribution in [-0.4, -0.2) is 18.7 Å². The minimum absolute atomic E-state index is 0.353. The highest BCUT2D eigenvalue weighted by Gasteiger charge is 2.12. The van der Waals surface area contributed by atoms with Crippen LogP contribution in [0.2, 0.25) is 5.02 Å². The predicted octanol–water partition coefficient (Wildman–Crippen LogP) is 3.19. The van der Waals surface area contributed by atoms with Crippen LogP contribution in [0.1, 0.15) is 16.1 Å². The first-order chi connectivity index (χ1) is 9.65. The van der Waals surface area contributed by atoms with Gasteiger partial charge in [-0.25, -0.2) is 4.98 Å². The molecular formula is C14H17ClN2O2S. The quantitative estimate of drug-likeness (QED) is 0.890. The molecule has 0 aliphatic heterocycles. The van der Waals surface area contributed by atoms with Gasteiger partial charge in [0.05, 0.1) is 24.9 Å². The second-order valence-corrected chi connectivity index (χ2v) is 5.64. The molecule has 0 saturated carbocycles. The maximum absolute atomic E-state index is 6.02. The highest BCUT2D eigenvalue weighted by Crippen LogP contribution is 2.34. The maximum atomic E-state index is 6.02. The molecule has 0 aliphatic rings. The lowest BCUT2D eigenvalue weighted by atomic mass is 10.2. The SMILES string of the molecule is COc1cc(Cl)cc(CN)c1OCCc1scnc1C. The fourth-order valence-corrected chi connectivity index (χ4v) is 2.89. The molecule has 2 rings (SSSR count). The van der Waals surface area contributed by atoms with E-state index in [4.69, 9.17) is 26.8 Å².